The number of hydrogen-bond donors (Lipinski definition) is 2. The van der Waals surface area contributed by atoms with Gasteiger partial charge >= 0.3 is 0 Å². The van der Waals surface area contributed by atoms with Crippen LogP contribution in [0, 0.1) is 0 Å². The Morgan fingerprint density at radius 2 is 2.04 bits per heavy atom. The van der Waals surface area contributed by atoms with E-state index in [2.05, 4.69) is 67.9 Å². The van der Waals surface area contributed by atoms with Gasteiger partial charge in [0, 0.05) is 50.5 Å². The van der Waals surface area contributed by atoms with Crippen molar-refractivity contribution >= 4 is 34.4 Å². The zero-order valence-corrected chi connectivity index (χ0v) is 17.0. The summed E-state index contributed by atoms with van der Waals surface area (Å²) < 4.78 is 0. The van der Waals surface area contributed by atoms with Gasteiger partial charge in [0.05, 0.1) is 11.4 Å². The second-order valence-corrected chi connectivity index (χ2v) is 7.59. The number of hydrazone groups is 1. The minimum absolute atomic E-state index is 0.368. The minimum Gasteiger partial charge on any atom is -0.383 e. The molecule has 2 N–H and O–H groups in total. The SMILES string of the molecule is CC1CCN(c2ccccc2)CCN1C(=S)N/N=C1/CCNc2cccnc21. The average molecular weight is 395 g/mol. The quantitative estimate of drug-likeness (QED) is 0.603. The molecule has 1 aromatic heterocycles. The van der Waals surface area contributed by atoms with Gasteiger partial charge in [0.1, 0.15) is 5.69 Å². The van der Waals surface area contributed by atoms with Gasteiger partial charge in [-0.05, 0) is 49.8 Å². The first-order valence-corrected chi connectivity index (χ1v) is 10.3. The van der Waals surface area contributed by atoms with Gasteiger partial charge in [-0.1, -0.05) is 18.2 Å². The number of para-hydroxylation sites is 1. The van der Waals surface area contributed by atoms with E-state index in [-0.39, 0.29) is 0 Å². The van der Waals surface area contributed by atoms with Crippen molar-refractivity contribution in [2.24, 2.45) is 5.10 Å². The van der Waals surface area contributed by atoms with Gasteiger partial charge in [-0.2, -0.15) is 5.10 Å². The van der Waals surface area contributed by atoms with Gasteiger partial charge in [0.25, 0.3) is 0 Å². The zero-order chi connectivity index (χ0) is 19.3. The summed E-state index contributed by atoms with van der Waals surface area (Å²) >= 11 is 5.69. The van der Waals surface area contributed by atoms with Crippen LogP contribution in [0.3, 0.4) is 0 Å². The number of nitrogens with zero attached hydrogens (tertiary/aromatic N) is 4. The number of pyridine rings is 1. The summed E-state index contributed by atoms with van der Waals surface area (Å²) in [7, 11) is 0. The lowest BCUT2D eigenvalue weighted by molar-refractivity contribution is 0.341. The number of anilines is 2. The van der Waals surface area contributed by atoms with Crippen molar-refractivity contribution in [3.05, 3.63) is 54.4 Å². The van der Waals surface area contributed by atoms with E-state index in [0.29, 0.717) is 11.2 Å². The fourth-order valence-electron chi connectivity index (χ4n) is 3.76. The number of aromatic nitrogens is 1. The molecule has 1 atom stereocenters. The van der Waals surface area contributed by atoms with E-state index in [1.165, 1.54) is 5.69 Å². The third-order valence-corrected chi connectivity index (χ3v) is 5.71. The number of nitrogens with one attached hydrogen (secondary N) is 2. The molecule has 2 aromatic rings. The molecule has 0 bridgehead atoms. The van der Waals surface area contributed by atoms with Crippen LogP contribution in [0.5, 0.6) is 0 Å². The lowest BCUT2D eigenvalue weighted by Gasteiger charge is -2.29. The van der Waals surface area contributed by atoms with Crippen molar-refractivity contribution in [2.45, 2.75) is 25.8 Å². The van der Waals surface area contributed by atoms with Crippen LogP contribution in [0.2, 0.25) is 0 Å². The van der Waals surface area contributed by atoms with Crippen LogP contribution >= 0.6 is 12.2 Å². The number of fused-ring (bicyclic) bond motifs is 1. The molecule has 4 rings (SSSR count). The van der Waals surface area contributed by atoms with Crippen molar-refractivity contribution < 1.29 is 0 Å². The van der Waals surface area contributed by atoms with E-state index in [1.807, 2.05) is 12.1 Å². The molecule has 2 aliphatic rings. The van der Waals surface area contributed by atoms with E-state index < -0.39 is 0 Å². The van der Waals surface area contributed by atoms with Crippen LogP contribution in [0.15, 0.2) is 53.8 Å². The first-order valence-electron chi connectivity index (χ1n) is 9.85. The normalized spacial score (nSPS) is 20.9. The Morgan fingerprint density at radius 3 is 2.89 bits per heavy atom. The molecule has 1 unspecified atom stereocenters. The molecule has 7 heteroatoms. The molecule has 1 aromatic carbocycles. The van der Waals surface area contributed by atoms with Crippen LogP contribution in [0.1, 0.15) is 25.5 Å². The molecule has 0 amide bonds. The van der Waals surface area contributed by atoms with Crippen LogP contribution in [0.4, 0.5) is 11.4 Å². The maximum atomic E-state index is 5.69. The minimum atomic E-state index is 0.368. The number of rotatable bonds is 2. The maximum Gasteiger partial charge on any atom is 0.189 e. The topological polar surface area (TPSA) is 55.8 Å². The molecule has 0 radical (unpaired) electrons. The third kappa shape index (κ3) is 4.09. The number of benzene rings is 1. The molecule has 1 saturated heterocycles. The molecule has 0 saturated carbocycles. The van der Waals surface area contributed by atoms with Crippen LogP contribution in [0.25, 0.3) is 0 Å². The Balaban J connectivity index is 1.42. The molecule has 2 aliphatic heterocycles. The largest absolute Gasteiger partial charge is 0.383 e. The van der Waals surface area contributed by atoms with Gasteiger partial charge in [-0.15, -0.1) is 0 Å². The Hall–Kier alpha value is -2.67. The molecule has 3 heterocycles. The van der Waals surface area contributed by atoms with Crippen molar-refractivity contribution in [3.8, 4) is 0 Å². The lowest BCUT2D eigenvalue weighted by atomic mass is 10.1. The summed E-state index contributed by atoms with van der Waals surface area (Å²) in [5.41, 5.74) is 7.29. The highest BCUT2D eigenvalue weighted by Crippen LogP contribution is 2.20. The molecule has 146 valence electrons. The molecule has 0 spiro atoms. The van der Waals surface area contributed by atoms with Crippen molar-refractivity contribution in [2.75, 3.05) is 36.4 Å². The number of hydrogen-bond acceptors (Lipinski definition) is 5. The second-order valence-electron chi connectivity index (χ2n) is 7.21. The summed E-state index contributed by atoms with van der Waals surface area (Å²) in [6.45, 7) is 5.95. The Morgan fingerprint density at radius 1 is 1.18 bits per heavy atom. The first kappa shape index (κ1) is 18.7. The summed E-state index contributed by atoms with van der Waals surface area (Å²) in [4.78, 5) is 9.15. The Bertz CT molecular complexity index is 853. The van der Waals surface area contributed by atoms with E-state index >= 15 is 0 Å². The molecular weight excluding hydrogens is 368 g/mol. The van der Waals surface area contributed by atoms with Crippen molar-refractivity contribution in [3.63, 3.8) is 0 Å². The molecule has 6 nitrogen and oxygen atoms in total. The fourth-order valence-corrected chi connectivity index (χ4v) is 4.08. The molecule has 28 heavy (non-hydrogen) atoms. The zero-order valence-electron chi connectivity index (χ0n) is 16.1. The third-order valence-electron chi connectivity index (χ3n) is 5.39. The van der Waals surface area contributed by atoms with Crippen molar-refractivity contribution in [1.82, 2.24) is 15.3 Å². The highest BCUT2D eigenvalue weighted by atomic mass is 32.1. The Labute approximate surface area is 171 Å². The Kier molecular flexibility index (Phi) is 5.71. The monoisotopic (exact) mass is 394 g/mol. The fraction of sp³-hybridized carbons (Fsp3) is 0.381. The first-order chi connectivity index (χ1) is 13.7. The maximum absolute atomic E-state index is 5.69. The van der Waals surface area contributed by atoms with Crippen LogP contribution < -0.4 is 15.6 Å². The highest BCUT2D eigenvalue weighted by molar-refractivity contribution is 7.80. The van der Waals surface area contributed by atoms with Gasteiger partial charge in [0.2, 0.25) is 0 Å². The van der Waals surface area contributed by atoms with E-state index in [1.54, 1.807) is 6.20 Å². The van der Waals surface area contributed by atoms with E-state index in [9.17, 15) is 0 Å². The standard InChI is InChI=1S/C21H26N6S/c1-16-10-13-26(17-6-3-2-4-7-17)14-15-27(16)21(28)25-24-19-9-12-22-18-8-5-11-23-20(18)19/h2-8,11,16,22H,9-10,12-15H2,1H3,(H,25,28)/b24-19-. The summed E-state index contributed by atoms with van der Waals surface area (Å²) in [6.07, 6.45) is 3.69. The molecular formula is C21H26N6S. The van der Waals surface area contributed by atoms with Crippen molar-refractivity contribution in [1.29, 1.82) is 0 Å². The molecule has 0 aliphatic carbocycles. The second kappa shape index (κ2) is 8.56. The van der Waals surface area contributed by atoms with Gasteiger partial charge in [-0.25, -0.2) is 0 Å². The predicted molar refractivity (Wildman–Crippen MR) is 119 cm³/mol. The summed E-state index contributed by atoms with van der Waals surface area (Å²) in [5.74, 6) is 0. The van der Waals surface area contributed by atoms with Gasteiger partial charge < -0.3 is 15.1 Å². The lowest BCUT2D eigenvalue weighted by Crippen LogP contribution is -2.44. The smallest absolute Gasteiger partial charge is 0.189 e. The number of thiocarbonyl (C=S) groups is 1. The van der Waals surface area contributed by atoms with E-state index in [0.717, 1.165) is 56.1 Å². The van der Waals surface area contributed by atoms with E-state index in [4.69, 9.17) is 12.2 Å². The summed E-state index contributed by atoms with van der Waals surface area (Å²) in [6, 6.07) is 14.9. The predicted octanol–water partition coefficient (Wildman–Crippen LogP) is 3.08. The van der Waals surface area contributed by atoms with Crippen LogP contribution in [-0.4, -0.2) is 52.9 Å². The highest BCUT2D eigenvalue weighted by Gasteiger charge is 2.23. The molecule has 1 fully saturated rings. The summed E-state index contributed by atoms with van der Waals surface area (Å²) in [5, 5.41) is 8.66. The van der Waals surface area contributed by atoms with Gasteiger partial charge in [0.15, 0.2) is 5.11 Å². The van der Waals surface area contributed by atoms with Crippen LogP contribution in [-0.2, 0) is 0 Å². The van der Waals surface area contributed by atoms with Gasteiger partial charge in [-0.3, -0.25) is 10.4 Å². The average Bonchev–Trinajstić information content (AvgIpc) is 2.94.